The summed E-state index contributed by atoms with van der Waals surface area (Å²) in [6.45, 7) is 5.28. The maximum atomic E-state index is 11.6. The topological polar surface area (TPSA) is 90.5 Å². The molecule has 0 aromatic carbocycles. The number of nitrogens with one attached hydrogen (secondary N) is 3. The van der Waals surface area contributed by atoms with Crippen molar-refractivity contribution in [2.45, 2.75) is 64.5 Å². The molecule has 0 bridgehead atoms. The Labute approximate surface area is 127 Å². The first kappa shape index (κ1) is 17.8. The molecule has 0 aromatic rings. The predicted molar refractivity (Wildman–Crippen MR) is 82.3 cm³/mol. The van der Waals surface area contributed by atoms with Gasteiger partial charge in [-0.1, -0.05) is 13.3 Å². The van der Waals surface area contributed by atoms with Crippen molar-refractivity contribution in [3.63, 3.8) is 0 Å². The molecule has 122 valence electrons. The molecule has 1 rings (SSSR count). The van der Waals surface area contributed by atoms with Gasteiger partial charge in [0.15, 0.2) is 0 Å². The van der Waals surface area contributed by atoms with Crippen molar-refractivity contribution in [1.29, 1.82) is 0 Å². The zero-order chi connectivity index (χ0) is 15.7. The molecule has 6 nitrogen and oxygen atoms in total. The molecule has 0 spiro atoms. The van der Waals surface area contributed by atoms with Gasteiger partial charge in [-0.25, -0.2) is 4.79 Å². The van der Waals surface area contributed by atoms with E-state index in [0.717, 1.165) is 25.8 Å². The molecule has 0 aliphatic heterocycles. The summed E-state index contributed by atoms with van der Waals surface area (Å²) in [7, 11) is 0. The summed E-state index contributed by atoms with van der Waals surface area (Å²) in [6, 6.07) is 0.642. The summed E-state index contributed by atoms with van der Waals surface area (Å²) in [5.41, 5.74) is 0. The molecule has 21 heavy (non-hydrogen) atoms. The molecule has 1 aliphatic carbocycles. The molecule has 2 amide bonds. The Morgan fingerprint density at radius 2 is 1.86 bits per heavy atom. The highest BCUT2D eigenvalue weighted by Crippen LogP contribution is 2.18. The van der Waals surface area contributed by atoms with E-state index < -0.39 is 5.97 Å². The summed E-state index contributed by atoms with van der Waals surface area (Å²) in [5.74, 6) is -1.07. The van der Waals surface area contributed by atoms with E-state index in [0.29, 0.717) is 19.0 Å². The molecule has 0 aromatic heterocycles. The van der Waals surface area contributed by atoms with E-state index >= 15 is 0 Å². The normalized spacial score (nSPS) is 17.0. The summed E-state index contributed by atoms with van der Waals surface area (Å²) in [4.78, 5) is 22.3. The minimum atomic E-state index is -0.756. The van der Waals surface area contributed by atoms with Crippen molar-refractivity contribution in [2.75, 3.05) is 13.1 Å². The molecule has 6 heteroatoms. The number of carboxylic acids is 1. The van der Waals surface area contributed by atoms with Gasteiger partial charge in [0.2, 0.25) is 0 Å². The van der Waals surface area contributed by atoms with Gasteiger partial charge < -0.3 is 21.1 Å². The van der Waals surface area contributed by atoms with Crippen LogP contribution in [0.3, 0.4) is 0 Å². The average molecular weight is 299 g/mol. The monoisotopic (exact) mass is 299 g/mol. The van der Waals surface area contributed by atoms with Gasteiger partial charge in [0.05, 0.1) is 5.92 Å². The van der Waals surface area contributed by atoms with Crippen molar-refractivity contribution in [3.8, 4) is 0 Å². The average Bonchev–Trinajstić information content (AvgIpc) is 3.22. The van der Waals surface area contributed by atoms with Crippen LogP contribution in [0.1, 0.15) is 52.4 Å². The number of hydrogen-bond acceptors (Lipinski definition) is 3. The van der Waals surface area contributed by atoms with Crippen LogP contribution in [0, 0.1) is 5.92 Å². The van der Waals surface area contributed by atoms with Gasteiger partial charge in [-0.15, -0.1) is 0 Å². The zero-order valence-corrected chi connectivity index (χ0v) is 13.2. The standard InChI is InChI=1S/C15H29N3O3/c1-11(14(19)20)5-3-6-12(2)18-15(21)17-10-4-9-16-13-7-8-13/h11-13,16H,3-10H2,1-2H3,(H,19,20)(H2,17,18,21). The first-order chi connectivity index (χ1) is 9.99. The van der Waals surface area contributed by atoms with Crippen LogP contribution in [0.25, 0.3) is 0 Å². The smallest absolute Gasteiger partial charge is 0.314 e. The minimum Gasteiger partial charge on any atom is -0.481 e. The van der Waals surface area contributed by atoms with Crippen molar-refractivity contribution in [2.24, 2.45) is 5.92 Å². The lowest BCUT2D eigenvalue weighted by Gasteiger charge is -2.15. The number of carbonyl (C=O) groups is 2. The number of carboxylic acid groups (broad SMARTS) is 1. The van der Waals surface area contributed by atoms with E-state index in [2.05, 4.69) is 16.0 Å². The van der Waals surface area contributed by atoms with E-state index in [-0.39, 0.29) is 18.0 Å². The third-order valence-electron chi connectivity index (χ3n) is 3.72. The number of carbonyl (C=O) groups excluding carboxylic acids is 1. The summed E-state index contributed by atoms with van der Waals surface area (Å²) >= 11 is 0. The second-order valence-corrected chi connectivity index (χ2v) is 6.05. The van der Waals surface area contributed by atoms with E-state index in [1.807, 2.05) is 6.92 Å². The highest BCUT2D eigenvalue weighted by Gasteiger charge is 2.19. The Balaban J connectivity index is 1.95. The SMILES string of the molecule is CC(CCCC(C)C(=O)O)NC(=O)NCCCNC1CC1. The third-order valence-corrected chi connectivity index (χ3v) is 3.72. The Morgan fingerprint density at radius 1 is 1.14 bits per heavy atom. The first-order valence-electron chi connectivity index (χ1n) is 7.99. The molecule has 2 atom stereocenters. The fourth-order valence-electron chi connectivity index (χ4n) is 2.08. The third kappa shape index (κ3) is 9.28. The molecule has 1 aliphatic rings. The van der Waals surface area contributed by atoms with Gasteiger partial charge in [-0.3, -0.25) is 4.79 Å². The summed E-state index contributed by atoms with van der Waals surface area (Å²) in [6.07, 6.45) is 5.76. The number of rotatable bonds is 11. The number of hydrogen-bond donors (Lipinski definition) is 4. The van der Waals surface area contributed by atoms with Crippen molar-refractivity contribution >= 4 is 12.0 Å². The fraction of sp³-hybridized carbons (Fsp3) is 0.867. The molecule has 2 unspecified atom stereocenters. The van der Waals surface area contributed by atoms with Crippen LogP contribution in [0.2, 0.25) is 0 Å². The molecule has 0 saturated heterocycles. The van der Waals surface area contributed by atoms with Gasteiger partial charge in [-0.2, -0.15) is 0 Å². The highest BCUT2D eigenvalue weighted by molar-refractivity contribution is 5.74. The Kier molecular flexibility index (Phi) is 8.12. The summed E-state index contributed by atoms with van der Waals surface area (Å²) < 4.78 is 0. The first-order valence-corrected chi connectivity index (χ1v) is 7.99. The van der Waals surface area contributed by atoms with E-state index in [4.69, 9.17) is 5.11 Å². The molecular formula is C15H29N3O3. The van der Waals surface area contributed by atoms with E-state index in [1.54, 1.807) is 6.92 Å². The van der Waals surface area contributed by atoms with Crippen LogP contribution in [-0.4, -0.2) is 42.3 Å². The Hall–Kier alpha value is -1.30. The van der Waals surface area contributed by atoms with Gasteiger partial charge in [0, 0.05) is 18.6 Å². The van der Waals surface area contributed by atoms with Gasteiger partial charge >= 0.3 is 12.0 Å². The molecule has 0 heterocycles. The lowest BCUT2D eigenvalue weighted by atomic mass is 10.0. The predicted octanol–water partition coefficient (Wildman–Crippen LogP) is 1.71. The quantitative estimate of drug-likeness (QED) is 0.437. The lowest BCUT2D eigenvalue weighted by Crippen LogP contribution is -2.41. The van der Waals surface area contributed by atoms with Crippen LogP contribution < -0.4 is 16.0 Å². The van der Waals surface area contributed by atoms with Crippen LogP contribution in [0.4, 0.5) is 4.79 Å². The lowest BCUT2D eigenvalue weighted by molar-refractivity contribution is -0.141. The summed E-state index contributed by atoms with van der Waals surface area (Å²) in [5, 5.41) is 17.9. The molecular weight excluding hydrogens is 270 g/mol. The number of aliphatic carboxylic acids is 1. The van der Waals surface area contributed by atoms with Crippen molar-refractivity contribution < 1.29 is 14.7 Å². The van der Waals surface area contributed by atoms with Gasteiger partial charge in [0.25, 0.3) is 0 Å². The van der Waals surface area contributed by atoms with Gasteiger partial charge in [-0.05, 0) is 45.6 Å². The fourth-order valence-corrected chi connectivity index (χ4v) is 2.08. The van der Waals surface area contributed by atoms with E-state index in [1.165, 1.54) is 12.8 Å². The maximum absolute atomic E-state index is 11.6. The van der Waals surface area contributed by atoms with Crippen LogP contribution in [-0.2, 0) is 4.79 Å². The van der Waals surface area contributed by atoms with Crippen molar-refractivity contribution in [3.05, 3.63) is 0 Å². The van der Waals surface area contributed by atoms with Crippen LogP contribution in [0.15, 0.2) is 0 Å². The number of amides is 2. The van der Waals surface area contributed by atoms with Crippen molar-refractivity contribution in [1.82, 2.24) is 16.0 Å². The van der Waals surface area contributed by atoms with Crippen LogP contribution >= 0.6 is 0 Å². The van der Waals surface area contributed by atoms with E-state index in [9.17, 15) is 9.59 Å². The number of urea groups is 1. The van der Waals surface area contributed by atoms with Crippen LogP contribution in [0.5, 0.6) is 0 Å². The molecule has 1 saturated carbocycles. The highest BCUT2D eigenvalue weighted by atomic mass is 16.4. The van der Waals surface area contributed by atoms with Gasteiger partial charge in [0.1, 0.15) is 0 Å². The molecule has 4 N–H and O–H groups in total. The molecule has 1 fully saturated rings. The maximum Gasteiger partial charge on any atom is 0.314 e. The largest absolute Gasteiger partial charge is 0.481 e. The Morgan fingerprint density at radius 3 is 2.48 bits per heavy atom. The molecule has 0 radical (unpaired) electrons. The second-order valence-electron chi connectivity index (χ2n) is 6.05. The second kappa shape index (κ2) is 9.60. The Bertz CT molecular complexity index is 332. The zero-order valence-electron chi connectivity index (χ0n) is 13.2. The minimum absolute atomic E-state index is 0.0654.